The molecule has 2 rings (SSSR count). The summed E-state index contributed by atoms with van der Waals surface area (Å²) >= 11 is 0. The van der Waals surface area contributed by atoms with Crippen LogP contribution in [0.15, 0.2) is 28.7 Å². The van der Waals surface area contributed by atoms with E-state index in [1.54, 1.807) is 6.07 Å². The summed E-state index contributed by atoms with van der Waals surface area (Å²) in [7, 11) is 0. The summed E-state index contributed by atoms with van der Waals surface area (Å²) in [6.45, 7) is 7.82. The first-order chi connectivity index (χ1) is 9.38. The van der Waals surface area contributed by atoms with Gasteiger partial charge in [-0.15, -0.1) is 0 Å². The number of hydrogen-bond donors (Lipinski definition) is 2. The van der Waals surface area contributed by atoms with Gasteiger partial charge in [0.05, 0.1) is 0 Å². The second kappa shape index (κ2) is 5.67. The Hall–Kier alpha value is -1.81. The standard InChI is InChI=1S/C16H20FNO2/c1-9-7-15(12(4)20-9)11(3)18-10(2)14-6-5-13(17)8-16(14)19/h5-8,10-11,18-19H,1-4H3. The van der Waals surface area contributed by atoms with Crippen molar-refractivity contribution < 1.29 is 13.9 Å². The lowest BCUT2D eigenvalue weighted by Gasteiger charge is -2.21. The van der Waals surface area contributed by atoms with E-state index in [1.807, 2.05) is 33.8 Å². The normalized spacial score (nSPS) is 14.2. The number of rotatable bonds is 4. The predicted octanol–water partition coefficient (Wildman–Crippen LogP) is 4.15. The average Bonchev–Trinajstić information content (AvgIpc) is 2.68. The molecule has 2 aromatic rings. The fourth-order valence-electron chi connectivity index (χ4n) is 2.52. The number of nitrogens with one attached hydrogen (secondary N) is 1. The van der Waals surface area contributed by atoms with Crippen molar-refractivity contribution in [3.63, 3.8) is 0 Å². The number of furan rings is 1. The van der Waals surface area contributed by atoms with Crippen molar-refractivity contribution in [1.82, 2.24) is 5.32 Å². The minimum absolute atomic E-state index is 0.0303. The number of aromatic hydroxyl groups is 1. The van der Waals surface area contributed by atoms with Crippen LogP contribution in [0.5, 0.6) is 5.75 Å². The molecule has 20 heavy (non-hydrogen) atoms. The van der Waals surface area contributed by atoms with E-state index < -0.39 is 5.82 Å². The highest BCUT2D eigenvalue weighted by Gasteiger charge is 2.17. The third-order valence-electron chi connectivity index (χ3n) is 3.50. The number of phenolic OH excluding ortho intramolecular Hbond substituents is 1. The Labute approximate surface area is 118 Å². The van der Waals surface area contributed by atoms with Gasteiger partial charge in [-0.05, 0) is 39.8 Å². The first kappa shape index (κ1) is 14.6. The maximum Gasteiger partial charge on any atom is 0.126 e. The molecule has 1 aromatic heterocycles. The summed E-state index contributed by atoms with van der Waals surface area (Å²) in [6, 6.07) is 6.07. The molecule has 3 nitrogen and oxygen atoms in total. The Morgan fingerprint density at radius 1 is 1.10 bits per heavy atom. The number of benzene rings is 1. The summed E-state index contributed by atoms with van der Waals surface area (Å²) < 4.78 is 18.5. The van der Waals surface area contributed by atoms with Gasteiger partial charge in [0.1, 0.15) is 23.1 Å². The van der Waals surface area contributed by atoms with E-state index in [4.69, 9.17) is 4.42 Å². The molecule has 1 aromatic carbocycles. The highest BCUT2D eigenvalue weighted by atomic mass is 19.1. The van der Waals surface area contributed by atoms with Crippen molar-refractivity contribution in [3.8, 4) is 5.75 Å². The monoisotopic (exact) mass is 277 g/mol. The van der Waals surface area contributed by atoms with E-state index in [9.17, 15) is 9.50 Å². The summed E-state index contributed by atoms with van der Waals surface area (Å²) in [5.41, 5.74) is 1.77. The van der Waals surface area contributed by atoms with Crippen molar-refractivity contribution >= 4 is 0 Å². The summed E-state index contributed by atoms with van der Waals surface area (Å²) in [6.07, 6.45) is 0. The number of phenols is 1. The van der Waals surface area contributed by atoms with Crippen LogP contribution in [0.3, 0.4) is 0 Å². The predicted molar refractivity (Wildman–Crippen MR) is 76.2 cm³/mol. The van der Waals surface area contributed by atoms with Crippen LogP contribution < -0.4 is 5.32 Å². The maximum absolute atomic E-state index is 13.0. The summed E-state index contributed by atoms with van der Waals surface area (Å²) in [5.74, 6) is 1.30. The molecule has 0 aliphatic heterocycles. The van der Waals surface area contributed by atoms with Crippen molar-refractivity contribution in [2.45, 2.75) is 39.8 Å². The third-order valence-corrected chi connectivity index (χ3v) is 3.50. The molecule has 2 atom stereocenters. The van der Waals surface area contributed by atoms with E-state index in [0.29, 0.717) is 5.56 Å². The molecule has 0 saturated carbocycles. The fraction of sp³-hybridized carbons (Fsp3) is 0.375. The Morgan fingerprint density at radius 2 is 1.75 bits per heavy atom. The Kier molecular flexibility index (Phi) is 4.14. The zero-order chi connectivity index (χ0) is 14.9. The molecule has 2 unspecified atom stereocenters. The minimum Gasteiger partial charge on any atom is -0.508 e. The van der Waals surface area contributed by atoms with Gasteiger partial charge < -0.3 is 14.8 Å². The van der Waals surface area contributed by atoms with Crippen molar-refractivity contribution in [2.24, 2.45) is 0 Å². The Morgan fingerprint density at radius 3 is 2.30 bits per heavy atom. The van der Waals surface area contributed by atoms with Crippen LogP contribution in [-0.2, 0) is 0 Å². The van der Waals surface area contributed by atoms with Crippen molar-refractivity contribution in [1.29, 1.82) is 0 Å². The van der Waals surface area contributed by atoms with Gasteiger partial charge in [-0.25, -0.2) is 4.39 Å². The van der Waals surface area contributed by atoms with Crippen LogP contribution in [0.2, 0.25) is 0 Å². The zero-order valence-electron chi connectivity index (χ0n) is 12.2. The van der Waals surface area contributed by atoms with Gasteiger partial charge >= 0.3 is 0 Å². The van der Waals surface area contributed by atoms with Crippen molar-refractivity contribution in [3.05, 3.63) is 52.7 Å². The van der Waals surface area contributed by atoms with Crippen LogP contribution in [-0.4, -0.2) is 5.11 Å². The summed E-state index contributed by atoms with van der Waals surface area (Å²) in [5, 5.41) is 13.2. The van der Waals surface area contributed by atoms with E-state index in [-0.39, 0.29) is 17.8 Å². The zero-order valence-corrected chi connectivity index (χ0v) is 12.2. The fourth-order valence-corrected chi connectivity index (χ4v) is 2.52. The van der Waals surface area contributed by atoms with Gasteiger partial charge in [-0.1, -0.05) is 6.07 Å². The molecule has 2 N–H and O–H groups in total. The second-order valence-electron chi connectivity index (χ2n) is 5.18. The van der Waals surface area contributed by atoms with Crippen molar-refractivity contribution in [2.75, 3.05) is 0 Å². The molecule has 0 amide bonds. The molecule has 0 fully saturated rings. The lowest BCUT2D eigenvalue weighted by Crippen LogP contribution is -2.22. The Balaban J connectivity index is 2.14. The van der Waals surface area contributed by atoms with Crippen LogP contribution in [0.4, 0.5) is 4.39 Å². The molecule has 0 saturated heterocycles. The van der Waals surface area contributed by atoms with Crippen LogP contribution >= 0.6 is 0 Å². The van der Waals surface area contributed by atoms with Gasteiger partial charge in [0.15, 0.2) is 0 Å². The molecule has 108 valence electrons. The quantitative estimate of drug-likeness (QED) is 0.882. The molecule has 0 spiro atoms. The molecule has 4 heteroatoms. The van der Waals surface area contributed by atoms with E-state index in [0.717, 1.165) is 23.2 Å². The van der Waals surface area contributed by atoms with Gasteiger partial charge in [0.25, 0.3) is 0 Å². The molecular formula is C16H20FNO2. The highest BCUT2D eigenvalue weighted by Crippen LogP contribution is 2.28. The van der Waals surface area contributed by atoms with Gasteiger partial charge in [-0.2, -0.15) is 0 Å². The SMILES string of the molecule is Cc1cc(C(C)NC(C)c2ccc(F)cc2O)c(C)o1. The minimum atomic E-state index is -0.437. The van der Waals surface area contributed by atoms with E-state index in [2.05, 4.69) is 5.32 Å². The topological polar surface area (TPSA) is 45.4 Å². The molecule has 0 aliphatic carbocycles. The van der Waals surface area contributed by atoms with Crippen LogP contribution in [0.25, 0.3) is 0 Å². The van der Waals surface area contributed by atoms with Crippen LogP contribution in [0, 0.1) is 19.7 Å². The Bertz CT molecular complexity index is 607. The first-order valence-corrected chi connectivity index (χ1v) is 6.70. The molecule has 0 aliphatic rings. The van der Waals surface area contributed by atoms with Crippen LogP contribution in [0.1, 0.15) is 48.6 Å². The first-order valence-electron chi connectivity index (χ1n) is 6.70. The molecular weight excluding hydrogens is 257 g/mol. The maximum atomic E-state index is 13.0. The van der Waals surface area contributed by atoms with Gasteiger partial charge in [0.2, 0.25) is 0 Å². The highest BCUT2D eigenvalue weighted by molar-refractivity contribution is 5.35. The summed E-state index contributed by atoms with van der Waals surface area (Å²) in [4.78, 5) is 0. The third kappa shape index (κ3) is 3.02. The molecule has 1 heterocycles. The van der Waals surface area contributed by atoms with E-state index in [1.165, 1.54) is 6.07 Å². The van der Waals surface area contributed by atoms with Gasteiger partial charge in [0, 0.05) is 29.3 Å². The average molecular weight is 277 g/mol. The lowest BCUT2D eigenvalue weighted by molar-refractivity contribution is 0.431. The van der Waals surface area contributed by atoms with E-state index >= 15 is 0 Å². The largest absolute Gasteiger partial charge is 0.508 e. The smallest absolute Gasteiger partial charge is 0.126 e. The molecule has 0 radical (unpaired) electrons. The lowest BCUT2D eigenvalue weighted by atomic mass is 10.0. The number of halogens is 1. The number of aryl methyl sites for hydroxylation is 2. The second-order valence-corrected chi connectivity index (χ2v) is 5.18. The van der Waals surface area contributed by atoms with Gasteiger partial charge in [-0.3, -0.25) is 0 Å². The number of hydrogen-bond acceptors (Lipinski definition) is 3. The molecule has 0 bridgehead atoms.